The van der Waals surface area contributed by atoms with Gasteiger partial charge in [-0.05, 0) is 40.5 Å². The van der Waals surface area contributed by atoms with Crippen LogP contribution in [0.4, 0.5) is 0 Å². The van der Waals surface area contributed by atoms with Gasteiger partial charge in [-0.1, -0.05) is 0 Å². The summed E-state index contributed by atoms with van der Waals surface area (Å²) >= 11 is 0. The molecule has 1 aliphatic rings. The molecule has 4 nitrogen and oxygen atoms in total. The van der Waals surface area contributed by atoms with Crippen LogP contribution in [0.15, 0.2) is 12.5 Å². The van der Waals surface area contributed by atoms with E-state index in [4.69, 9.17) is 18.1 Å². The van der Waals surface area contributed by atoms with Crippen LogP contribution in [-0.4, -0.2) is 38.8 Å². The summed E-state index contributed by atoms with van der Waals surface area (Å²) in [4.78, 5) is 3.92. The van der Waals surface area contributed by atoms with Gasteiger partial charge in [0, 0.05) is 17.8 Å². The second kappa shape index (κ2) is 4.82. The van der Waals surface area contributed by atoms with Crippen molar-refractivity contribution in [3.8, 4) is 0 Å². The lowest BCUT2D eigenvalue weighted by Crippen LogP contribution is -2.44. The van der Waals surface area contributed by atoms with Crippen molar-refractivity contribution in [3.05, 3.63) is 12.5 Å². The van der Waals surface area contributed by atoms with Crippen LogP contribution in [0, 0.1) is 0 Å². The Morgan fingerprint density at radius 1 is 1.24 bits per heavy atom. The van der Waals surface area contributed by atoms with Gasteiger partial charge < -0.3 is 14.8 Å². The van der Waals surface area contributed by atoms with Crippen LogP contribution in [0.2, 0.25) is 0 Å². The predicted octanol–water partition coefficient (Wildman–Crippen LogP) is 0.540. The van der Waals surface area contributed by atoms with E-state index in [1.54, 1.807) is 34.0 Å². The summed E-state index contributed by atoms with van der Waals surface area (Å²) in [6.45, 7) is 6.31. The number of imidazole rings is 1. The van der Waals surface area contributed by atoms with E-state index in [-0.39, 0.29) is 0 Å². The van der Waals surface area contributed by atoms with E-state index in [9.17, 15) is 0 Å². The molecule has 0 bridgehead atoms. The van der Waals surface area contributed by atoms with E-state index in [1.807, 2.05) is 6.20 Å². The molecule has 0 aromatic carbocycles. The molecule has 0 aliphatic heterocycles. The Morgan fingerprint density at radius 3 is 1.94 bits per heavy atom. The van der Waals surface area contributed by atoms with Gasteiger partial charge in [0.2, 0.25) is 0 Å². The van der Waals surface area contributed by atoms with E-state index in [0.29, 0.717) is 11.6 Å². The van der Waals surface area contributed by atoms with Crippen molar-refractivity contribution >= 4 is 13.4 Å². The normalized spacial score (nSPS) is 16.4. The van der Waals surface area contributed by atoms with Crippen LogP contribution >= 0.6 is 0 Å². The van der Waals surface area contributed by atoms with Crippen LogP contribution in [-0.2, 0) is 0 Å². The molecule has 17 heavy (non-hydrogen) atoms. The first kappa shape index (κ1) is 14.3. The average molecular weight is 236 g/mol. The lowest BCUT2D eigenvalue weighted by atomic mass is 9.90. The quantitative estimate of drug-likeness (QED) is 0.737. The van der Waals surface area contributed by atoms with Gasteiger partial charge in [-0.2, -0.15) is 0 Å². The fourth-order valence-corrected chi connectivity index (χ4v) is 0.925. The summed E-state index contributed by atoms with van der Waals surface area (Å²) in [5, 5.41) is 18.2. The maximum absolute atomic E-state index is 9.10. The Labute approximate surface area is 104 Å². The SMILES string of the molecule is CC(C)(O)C(C)(C)O.[B]c1cn(C2CC2)cn1. The molecule has 1 saturated carbocycles. The molecule has 1 aromatic rings. The van der Waals surface area contributed by atoms with Gasteiger partial charge in [-0.25, -0.2) is 0 Å². The maximum Gasteiger partial charge on any atom is 0.143 e. The zero-order valence-corrected chi connectivity index (χ0v) is 11.0. The zero-order chi connectivity index (χ0) is 13.3. The lowest BCUT2D eigenvalue weighted by molar-refractivity contribution is -0.107. The Hall–Kier alpha value is -0.805. The zero-order valence-electron chi connectivity index (χ0n) is 11.0. The summed E-state index contributed by atoms with van der Waals surface area (Å²) in [5.74, 6) is 0. The van der Waals surface area contributed by atoms with Crippen LogP contribution in [0.1, 0.15) is 46.6 Å². The number of rotatable bonds is 2. The molecule has 0 atom stereocenters. The topological polar surface area (TPSA) is 58.3 Å². The Balaban J connectivity index is 0.000000172. The van der Waals surface area contributed by atoms with Crippen LogP contribution in [0.5, 0.6) is 0 Å². The van der Waals surface area contributed by atoms with E-state index in [1.165, 1.54) is 12.8 Å². The molecule has 1 fully saturated rings. The minimum absolute atomic E-state index is 0.627. The highest BCUT2D eigenvalue weighted by atomic mass is 16.3. The number of aliphatic hydroxyl groups is 2. The predicted molar refractivity (Wildman–Crippen MR) is 68.5 cm³/mol. The highest BCUT2D eigenvalue weighted by Gasteiger charge is 2.31. The third kappa shape index (κ3) is 4.52. The average Bonchev–Trinajstić information content (AvgIpc) is 2.88. The molecular formula is C12H21BN2O2. The fraction of sp³-hybridized carbons (Fsp3) is 0.750. The number of nitrogens with zero attached hydrogens (tertiary/aromatic N) is 2. The molecule has 0 saturated heterocycles. The van der Waals surface area contributed by atoms with Crippen molar-refractivity contribution in [2.45, 2.75) is 57.8 Å². The second-order valence-electron chi connectivity index (χ2n) is 5.59. The number of hydrogen-bond donors (Lipinski definition) is 2. The fourth-order valence-electron chi connectivity index (χ4n) is 0.925. The molecule has 1 heterocycles. The molecule has 2 radical (unpaired) electrons. The summed E-state index contributed by atoms with van der Waals surface area (Å²) < 4.78 is 2.08. The number of aromatic nitrogens is 2. The number of hydrogen-bond acceptors (Lipinski definition) is 3. The van der Waals surface area contributed by atoms with Gasteiger partial charge in [-0.3, -0.25) is 4.98 Å². The molecule has 1 aromatic heterocycles. The lowest BCUT2D eigenvalue weighted by Gasteiger charge is -2.31. The second-order valence-corrected chi connectivity index (χ2v) is 5.59. The smallest absolute Gasteiger partial charge is 0.143 e. The van der Waals surface area contributed by atoms with E-state index in [2.05, 4.69) is 9.55 Å². The summed E-state index contributed by atoms with van der Waals surface area (Å²) in [5.41, 5.74) is -1.39. The van der Waals surface area contributed by atoms with Crippen molar-refractivity contribution < 1.29 is 10.2 Å². The van der Waals surface area contributed by atoms with E-state index in [0.717, 1.165) is 0 Å². The van der Waals surface area contributed by atoms with Gasteiger partial charge in [0.15, 0.2) is 0 Å². The van der Waals surface area contributed by atoms with Gasteiger partial charge in [-0.15, -0.1) is 0 Å². The molecule has 1 aliphatic carbocycles. The molecule has 0 unspecified atom stereocenters. The van der Waals surface area contributed by atoms with E-state index >= 15 is 0 Å². The first-order valence-electron chi connectivity index (χ1n) is 5.85. The molecule has 2 rings (SSSR count). The molecule has 0 spiro atoms. The summed E-state index contributed by atoms with van der Waals surface area (Å²) in [7, 11) is 5.41. The minimum atomic E-state index is -1.01. The molecule has 94 valence electrons. The third-order valence-corrected chi connectivity index (χ3v) is 3.09. The van der Waals surface area contributed by atoms with Gasteiger partial charge >= 0.3 is 0 Å². The van der Waals surface area contributed by atoms with Crippen molar-refractivity contribution in [1.29, 1.82) is 0 Å². The Morgan fingerprint density at radius 2 is 1.71 bits per heavy atom. The molecule has 2 N–H and O–H groups in total. The largest absolute Gasteiger partial charge is 0.387 e. The van der Waals surface area contributed by atoms with Gasteiger partial charge in [0.1, 0.15) is 7.85 Å². The van der Waals surface area contributed by atoms with E-state index < -0.39 is 11.2 Å². The van der Waals surface area contributed by atoms with Crippen molar-refractivity contribution in [2.75, 3.05) is 0 Å². The van der Waals surface area contributed by atoms with Crippen LogP contribution in [0.25, 0.3) is 0 Å². The van der Waals surface area contributed by atoms with Crippen LogP contribution < -0.4 is 5.59 Å². The third-order valence-electron chi connectivity index (χ3n) is 3.09. The highest BCUT2D eigenvalue weighted by Crippen LogP contribution is 2.33. The Bertz CT molecular complexity index is 347. The van der Waals surface area contributed by atoms with Crippen molar-refractivity contribution in [3.63, 3.8) is 0 Å². The van der Waals surface area contributed by atoms with Crippen molar-refractivity contribution in [2.24, 2.45) is 0 Å². The standard InChI is InChI=1S/C6H7BN2.C6H14O2/c7-6-3-9(4-8-6)5-1-2-5;1-5(2,7)6(3,4)8/h3-5H,1-2H2;7-8H,1-4H3. The van der Waals surface area contributed by atoms with Crippen LogP contribution in [0.3, 0.4) is 0 Å². The highest BCUT2D eigenvalue weighted by molar-refractivity contribution is 6.30. The Kier molecular flexibility index (Phi) is 4.04. The van der Waals surface area contributed by atoms with Gasteiger partial charge in [0.05, 0.1) is 17.5 Å². The molecule has 5 heteroatoms. The minimum Gasteiger partial charge on any atom is -0.387 e. The molecule has 0 amide bonds. The van der Waals surface area contributed by atoms with Gasteiger partial charge in [0.25, 0.3) is 0 Å². The summed E-state index contributed by atoms with van der Waals surface area (Å²) in [6, 6.07) is 0.704. The van der Waals surface area contributed by atoms with Crippen molar-refractivity contribution in [1.82, 2.24) is 9.55 Å². The maximum atomic E-state index is 9.10. The first-order valence-corrected chi connectivity index (χ1v) is 5.85. The summed E-state index contributed by atoms with van der Waals surface area (Å²) in [6.07, 6.45) is 6.26. The molecular weight excluding hydrogens is 215 g/mol. The monoisotopic (exact) mass is 236 g/mol. The first-order chi connectivity index (χ1) is 7.61.